The molecule has 2 nitrogen and oxygen atoms in total. The largest absolute Gasteiger partial charge is 0.506 e. The zero-order chi connectivity index (χ0) is 10.9. The second-order valence-corrected chi connectivity index (χ2v) is 3.71. The molecule has 0 aliphatic rings. The molecule has 1 aromatic heterocycles. The van der Waals surface area contributed by atoms with E-state index in [-0.39, 0.29) is 10.8 Å². The fourth-order valence-corrected chi connectivity index (χ4v) is 1.23. The summed E-state index contributed by atoms with van der Waals surface area (Å²) < 4.78 is 26.9. The quantitative estimate of drug-likeness (QED) is 0.832. The van der Waals surface area contributed by atoms with Crippen molar-refractivity contribution in [1.29, 1.82) is 0 Å². The predicted molar refractivity (Wildman–Crippen MR) is 49.6 cm³/mol. The smallest absolute Gasteiger partial charge is 0.293 e. The van der Waals surface area contributed by atoms with Gasteiger partial charge in [0.15, 0.2) is 0 Å². The summed E-state index contributed by atoms with van der Waals surface area (Å²) in [6.07, 6.45) is 0.956. The molecule has 0 saturated carbocycles. The Hall–Kier alpha value is -0.900. The predicted octanol–water partition coefficient (Wildman–Crippen LogP) is 3.19. The topological polar surface area (TPSA) is 33.1 Å². The number of aromatic hydroxyl groups is 1. The number of rotatable bonds is 2. The van der Waals surface area contributed by atoms with Crippen LogP contribution in [0, 0.1) is 5.92 Å². The molecule has 0 atom stereocenters. The summed E-state index contributed by atoms with van der Waals surface area (Å²) in [5, 5.41) is 8.73. The first-order valence-corrected chi connectivity index (χ1v) is 4.46. The molecule has 0 aliphatic carbocycles. The molecule has 0 unspecified atom stereocenters. The van der Waals surface area contributed by atoms with Crippen molar-refractivity contribution in [3.05, 3.63) is 23.0 Å². The van der Waals surface area contributed by atoms with Crippen LogP contribution in [-0.4, -0.2) is 10.1 Å². The number of aromatic nitrogens is 1. The van der Waals surface area contributed by atoms with Crippen molar-refractivity contribution in [2.24, 2.45) is 5.92 Å². The third-order valence-electron chi connectivity index (χ3n) is 1.87. The Bertz CT molecular complexity index is 342. The van der Waals surface area contributed by atoms with Crippen molar-refractivity contribution in [1.82, 2.24) is 4.98 Å². The van der Waals surface area contributed by atoms with E-state index in [1.165, 1.54) is 13.8 Å². The summed E-state index contributed by atoms with van der Waals surface area (Å²) in [5.74, 6) is -4.19. The van der Waals surface area contributed by atoms with Gasteiger partial charge in [0.05, 0.1) is 11.2 Å². The van der Waals surface area contributed by atoms with Gasteiger partial charge < -0.3 is 5.11 Å². The van der Waals surface area contributed by atoms with Gasteiger partial charge in [-0.25, -0.2) is 4.98 Å². The molecule has 0 aliphatic heterocycles. The maximum absolute atomic E-state index is 13.4. The monoisotopic (exact) mass is 221 g/mol. The Kier molecular flexibility index (Phi) is 2.95. The maximum atomic E-state index is 13.4. The minimum absolute atomic E-state index is 0.219. The zero-order valence-corrected chi connectivity index (χ0v) is 8.52. The lowest BCUT2D eigenvalue weighted by molar-refractivity contribution is -0.0553. The van der Waals surface area contributed by atoms with Gasteiger partial charge >= 0.3 is 0 Å². The number of hydrogen-bond acceptors (Lipinski definition) is 2. The van der Waals surface area contributed by atoms with Crippen LogP contribution >= 0.6 is 11.6 Å². The van der Waals surface area contributed by atoms with E-state index in [0.717, 1.165) is 12.3 Å². The van der Waals surface area contributed by atoms with Crippen LogP contribution in [0.5, 0.6) is 5.75 Å². The van der Waals surface area contributed by atoms with E-state index in [0.29, 0.717) is 0 Å². The van der Waals surface area contributed by atoms with Crippen LogP contribution in [0.2, 0.25) is 5.02 Å². The molecule has 0 spiro atoms. The van der Waals surface area contributed by atoms with Gasteiger partial charge in [-0.3, -0.25) is 0 Å². The Morgan fingerprint density at radius 3 is 2.50 bits per heavy atom. The second-order valence-electron chi connectivity index (χ2n) is 3.30. The van der Waals surface area contributed by atoms with Crippen LogP contribution in [0.4, 0.5) is 8.78 Å². The number of nitrogens with zero attached hydrogens (tertiary/aromatic N) is 1. The van der Waals surface area contributed by atoms with E-state index in [9.17, 15) is 8.78 Å². The maximum Gasteiger partial charge on any atom is 0.293 e. The third-order valence-corrected chi connectivity index (χ3v) is 2.16. The summed E-state index contributed by atoms with van der Waals surface area (Å²) in [4.78, 5) is 3.44. The average molecular weight is 222 g/mol. The molecule has 1 rings (SSSR count). The number of hydrogen-bond donors (Lipinski definition) is 1. The van der Waals surface area contributed by atoms with Crippen LogP contribution in [0.25, 0.3) is 0 Å². The SMILES string of the molecule is CC(C)C(F)(F)c1ncc(O)cc1Cl. The normalized spacial score (nSPS) is 12.1. The van der Waals surface area contributed by atoms with Crippen LogP contribution in [-0.2, 0) is 5.92 Å². The van der Waals surface area contributed by atoms with E-state index >= 15 is 0 Å². The van der Waals surface area contributed by atoms with Gasteiger partial charge in [0.1, 0.15) is 11.4 Å². The number of pyridine rings is 1. The molecule has 0 fully saturated rings. The Morgan fingerprint density at radius 2 is 2.07 bits per heavy atom. The van der Waals surface area contributed by atoms with E-state index in [2.05, 4.69) is 4.98 Å². The van der Waals surface area contributed by atoms with Gasteiger partial charge in [-0.15, -0.1) is 0 Å². The molecule has 1 N–H and O–H groups in total. The van der Waals surface area contributed by atoms with Gasteiger partial charge in [-0.05, 0) is 0 Å². The minimum Gasteiger partial charge on any atom is -0.506 e. The Balaban J connectivity index is 3.19. The summed E-state index contributed by atoms with van der Waals surface area (Å²) in [6, 6.07) is 1.06. The molecule has 5 heteroatoms. The average Bonchev–Trinajstić information content (AvgIpc) is 2.02. The summed E-state index contributed by atoms with van der Waals surface area (Å²) >= 11 is 5.56. The molecular weight excluding hydrogens is 212 g/mol. The molecule has 0 saturated heterocycles. The highest BCUT2D eigenvalue weighted by atomic mass is 35.5. The van der Waals surface area contributed by atoms with Gasteiger partial charge in [0, 0.05) is 12.0 Å². The van der Waals surface area contributed by atoms with Crippen molar-refractivity contribution >= 4 is 11.6 Å². The molecule has 0 aromatic carbocycles. The van der Waals surface area contributed by atoms with E-state index in [4.69, 9.17) is 16.7 Å². The van der Waals surface area contributed by atoms with Gasteiger partial charge in [0.2, 0.25) is 0 Å². The van der Waals surface area contributed by atoms with Crippen LogP contribution in [0.1, 0.15) is 19.5 Å². The second kappa shape index (κ2) is 3.69. The molecule has 0 bridgehead atoms. The van der Waals surface area contributed by atoms with E-state index in [1.807, 2.05) is 0 Å². The van der Waals surface area contributed by atoms with Crippen molar-refractivity contribution < 1.29 is 13.9 Å². The molecule has 78 valence electrons. The number of alkyl halides is 2. The van der Waals surface area contributed by atoms with E-state index in [1.54, 1.807) is 0 Å². The molecule has 1 aromatic rings. The fourth-order valence-electron chi connectivity index (χ4n) is 0.947. The van der Waals surface area contributed by atoms with Gasteiger partial charge in [-0.2, -0.15) is 8.78 Å². The molecule has 0 amide bonds. The van der Waals surface area contributed by atoms with Crippen LogP contribution in [0.3, 0.4) is 0 Å². The van der Waals surface area contributed by atoms with Crippen molar-refractivity contribution in [2.45, 2.75) is 19.8 Å². The van der Waals surface area contributed by atoms with Crippen LogP contribution in [0.15, 0.2) is 12.3 Å². The minimum atomic E-state index is -3.08. The highest BCUT2D eigenvalue weighted by Crippen LogP contribution is 2.38. The van der Waals surface area contributed by atoms with Crippen molar-refractivity contribution in [2.75, 3.05) is 0 Å². The van der Waals surface area contributed by atoms with E-state index < -0.39 is 17.5 Å². The van der Waals surface area contributed by atoms with Crippen molar-refractivity contribution in [3.63, 3.8) is 0 Å². The molecular formula is C9H10ClF2NO. The first-order chi connectivity index (χ1) is 6.35. The fraction of sp³-hybridized carbons (Fsp3) is 0.444. The summed E-state index contributed by atoms with van der Waals surface area (Å²) in [7, 11) is 0. The third kappa shape index (κ3) is 1.95. The lowest BCUT2D eigenvalue weighted by atomic mass is 10.0. The Morgan fingerprint density at radius 1 is 1.50 bits per heavy atom. The first-order valence-electron chi connectivity index (χ1n) is 4.08. The standard InChI is InChI=1S/C9H10ClF2NO/c1-5(2)9(11,12)8-7(10)3-6(14)4-13-8/h3-5,14H,1-2H3. The van der Waals surface area contributed by atoms with Crippen molar-refractivity contribution in [3.8, 4) is 5.75 Å². The first kappa shape index (κ1) is 11.2. The van der Waals surface area contributed by atoms with Gasteiger partial charge in [0.25, 0.3) is 5.92 Å². The highest BCUT2D eigenvalue weighted by Gasteiger charge is 2.39. The Labute approximate surface area is 85.5 Å². The molecule has 1 heterocycles. The highest BCUT2D eigenvalue weighted by molar-refractivity contribution is 6.31. The molecule has 14 heavy (non-hydrogen) atoms. The molecule has 0 radical (unpaired) electrons. The lowest BCUT2D eigenvalue weighted by Crippen LogP contribution is -2.22. The lowest BCUT2D eigenvalue weighted by Gasteiger charge is -2.20. The summed E-state index contributed by atoms with van der Waals surface area (Å²) in [6.45, 7) is 2.76. The summed E-state index contributed by atoms with van der Waals surface area (Å²) in [5.41, 5.74) is -0.494. The van der Waals surface area contributed by atoms with Crippen LogP contribution < -0.4 is 0 Å². The zero-order valence-electron chi connectivity index (χ0n) is 7.76. The van der Waals surface area contributed by atoms with Gasteiger partial charge in [-0.1, -0.05) is 25.4 Å². The number of halogens is 3.